The largest absolute Gasteiger partial charge is 0.488 e. The number of rotatable bonds is 9. The Kier molecular flexibility index (Phi) is 7.16. The highest BCUT2D eigenvalue weighted by Gasteiger charge is 2.23. The topological polar surface area (TPSA) is 104 Å². The van der Waals surface area contributed by atoms with Gasteiger partial charge in [0.05, 0.1) is 38.7 Å². The third-order valence-corrected chi connectivity index (χ3v) is 5.29. The molecule has 10 heteroatoms. The minimum absolute atomic E-state index is 0.0388. The van der Waals surface area contributed by atoms with Crippen molar-refractivity contribution in [2.45, 2.75) is 19.6 Å². The van der Waals surface area contributed by atoms with Gasteiger partial charge in [-0.25, -0.2) is 4.98 Å². The Morgan fingerprint density at radius 3 is 2.61 bits per heavy atom. The average molecular weight is 453 g/mol. The molecule has 1 saturated heterocycles. The zero-order chi connectivity index (χ0) is 23.2. The van der Waals surface area contributed by atoms with Crippen molar-refractivity contribution >= 4 is 5.91 Å². The molecule has 0 unspecified atom stereocenters. The van der Waals surface area contributed by atoms with E-state index in [1.807, 2.05) is 41.8 Å². The second-order valence-electron chi connectivity index (χ2n) is 7.73. The summed E-state index contributed by atoms with van der Waals surface area (Å²) in [5.74, 6) is 2.60. The number of amides is 1. The zero-order valence-electron chi connectivity index (χ0n) is 19.0. The molecule has 174 valence electrons. The number of methoxy groups -OCH3 is 2. The molecule has 0 saturated carbocycles. The Balaban J connectivity index is 1.67. The number of nitrogens with one attached hydrogen (secondary N) is 1. The van der Waals surface area contributed by atoms with E-state index in [1.165, 1.54) is 0 Å². The summed E-state index contributed by atoms with van der Waals surface area (Å²) >= 11 is 0. The first kappa shape index (κ1) is 22.7. The molecule has 1 aliphatic heterocycles. The zero-order valence-corrected chi connectivity index (χ0v) is 19.0. The van der Waals surface area contributed by atoms with E-state index in [4.69, 9.17) is 14.2 Å². The van der Waals surface area contributed by atoms with Crippen molar-refractivity contribution in [1.29, 1.82) is 0 Å². The molecule has 0 bridgehead atoms. The molecule has 2 aromatic heterocycles. The lowest BCUT2D eigenvalue weighted by Gasteiger charge is -2.27. The van der Waals surface area contributed by atoms with Gasteiger partial charge < -0.3 is 24.4 Å². The number of hydrogen-bond donors (Lipinski definition) is 1. The van der Waals surface area contributed by atoms with Crippen molar-refractivity contribution in [3.8, 4) is 28.7 Å². The van der Waals surface area contributed by atoms with Crippen LogP contribution in [0.5, 0.6) is 11.6 Å². The number of pyridine rings is 1. The predicted octanol–water partition coefficient (Wildman–Crippen LogP) is 1.68. The van der Waals surface area contributed by atoms with Gasteiger partial charge >= 0.3 is 0 Å². The molecule has 4 rings (SSSR count). The molecular weight excluding hydrogens is 424 g/mol. The highest BCUT2D eigenvalue weighted by molar-refractivity contribution is 5.79. The minimum Gasteiger partial charge on any atom is -0.488 e. The van der Waals surface area contributed by atoms with E-state index in [0.29, 0.717) is 43.8 Å². The molecule has 33 heavy (non-hydrogen) atoms. The van der Waals surface area contributed by atoms with Gasteiger partial charge in [-0.3, -0.25) is 9.36 Å². The maximum absolute atomic E-state index is 12.3. The summed E-state index contributed by atoms with van der Waals surface area (Å²) in [5.41, 5.74) is 1.64. The molecule has 0 spiro atoms. The Morgan fingerprint density at radius 1 is 1.12 bits per heavy atom. The lowest BCUT2D eigenvalue weighted by Crippen LogP contribution is -2.47. The fourth-order valence-electron chi connectivity index (χ4n) is 3.67. The maximum Gasteiger partial charge on any atom is 0.236 e. The van der Waals surface area contributed by atoms with Crippen LogP contribution in [-0.2, 0) is 16.1 Å². The van der Waals surface area contributed by atoms with Crippen LogP contribution in [0.1, 0.15) is 12.7 Å². The monoisotopic (exact) mass is 452 g/mol. The van der Waals surface area contributed by atoms with E-state index in [-0.39, 0.29) is 12.0 Å². The predicted molar refractivity (Wildman–Crippen MR) is 121 cm³/mol. The summed E-state index contributed by atoms with van der Waals surface area (Å²) in [6.45, 7) is 4.51. The molecule has 0 radical (unpaired) electrons. The van der Waals surface area contributed by atoms with Gasteiger partial charge in [0.25, 0.3) is 0 Å². The van der Waals surface area contributed by atoms with Crippen LogP contribution in [-0.4, -0.2) is 77.1 Å². The molecule has 0 aliphatic carbocycles. The lowest BCUT2D eigenvalue weighted by atomic mass is 10.2. The fraction of sp³-hybridized carbons (Fsp3) is 0.391. The molecule has 1 aliphatic rings. The maximum atomic E-state index is 12.3. The molecule has 3 heterocycles. The van der Waals surface area contributed by atoms with Gasteiger partial charge in [-0.2, -0.15) is 0 Å². The summed E-state index contributed by atoms with van der Waals surface area (Å²) in [7, 11) is 3.22. The smallest absolute Gasteiger partial charge is 0.236 e. The second-order valence-corrected chi connectivity index (χ2v) is 7.73. The minimum atomic E-state index is -0.0574. The van der Waals surface area contributed by atoms with Crippen molar-refractivity contribution in [2.75, 3.05) is 40.5 Å². The van der Waals surface area contributed by atoms with E-state index in [9.17, 15) is 4.79 Å². The SMILES string of the molecule is COC[C@H](C)Oc1ccc(-c2nnc(CN3CCNCC3=O)n2-c2ccc(OC)nc2)cc1. The van der Waals surface area contributed by atoms with Crippen LogP contribution in [0.3, 0.4) is 0 Å². The number of ether oxygens (including phenoxy) is 3. The fourth-order valence-corrected chi connectivity index (χ4v) is 3.67. The van der Waals surface area contributed by atoms with Gasteiger partial charge in [0.2, 0.25) is 11.8 Å². The van der Waals surface area contributed by atoms with Gasteiger partial charge in [-0.05, 0) is 37.3 Å². The Labute approximate surface area is 192 Å². The highest BCUT2D eigenvalue weighted by atomic mass is 16.5. The number of aromatic nitrogens is 4. The van der Waals surface area contributed by atoms with Crippen LogP contribution >= 0.6 is 0 Å². The first-order valence-electron chi connectivity index (χ1n) is 10.8. The van der Waals surface area contributed by atoms with Crippen LogP contribution in [0, 0.1) is 0 Å². The van der Waals surface area contributed by atoms with Crippen molar-refractivity contribution < 1.29 is 19.0 Å². The summed E-state index contributed by atoms with van der Waals surface area (Å²) in [4.78, 5) is 18.5. The number of hydrogen-bond acceptors (Lipinski definition) is 8. The van der Waals surface area contributed by atoms with Crippen molar-refractivity contribution in [3.05, 3.63) is 48.4 Å². The van der Waals surface area contributed by atoms with E-state index in [1.54, 1.807) is 31.4 Å². The van der Waals surface area contributed by atoms with Crippen molar-refractivity contribution in [1.82, 2.24) is 30.0 Å². The summed E-state index contributed by atoms with van der Waals surface area (Å²) < 4.78 is 18.1. The number of piperazine rings is 1. The molecular formula is C23H28N6O4. The van der Waals surface area contributed by atoms with Crippen LogP contribution in [0.15, 0.2) is 42.6 Å². The molecule has 3 aromatic rings. The van der Waals surface area contributed by atoms with E-state index in [0.717, 1.165) is 23.5 Å². The van der Waals surface area contributed by atoms with E-state index < -0.39 is 0 Å². The number of carbonyl (C=O) groups excluding carboxylic acids is 1. The van der Waals surface area contributed by atoms with Gasteiger partial charge in [-0.15, -0.1) is 10.2 Å². The number of nitrogens with zero attached hydrogens (tertiary/aromatic N) is 5. The summed E-state index contributed by atoms with van der Waals surface area (Å²) in [5, 5.41) is 12.0. The standard InChI is InChI=1S/C23H28N6O4/c1-16(15-31-2)33-19-7-4-17(5-8-19)23-27-26-20(14-28-11-10-24-13-22(28)30)29(23)18-6-9-21(32-3)25-12-18/h4-9,12,16,24H,10-11,13-15H2,1-3H3/t16-/m0/s1. The van der Waals surface area contributed by atoms with E-state index >= 15 is 0 Å². The Bertz CT molecular complexity index is 1070. The Hall–Kier alpha value is -3.50. The number of benzene rings is 1. The molecule has 10 nitrogen and oxygen atoms in total. The van der Waals surface area contributed by atoms with Gasteiger partial charge in [-0.1, -0.05) is 0 Å². The van der Waals surface area contributed by atoms with Crippen LogP contribution in [0.25, 0.3) is 17.1 Å². The van der Waals surface area contributed by atoms with Crippen molar-refractivity contribution in [3.63, 3.8) is 0 Å². The van der Waals surface area contributed by atoms with Gasteiger partial charge in [0.1, 0.15) is 11.9 Å². The first-order valence-corrected chi connectivity index (χ1v) is 10.8. The molecule has 1 N–H and O–H groups in total. The van der Waals surface area contributed by atoms with Crippen LogP contribution in [0.4, 0.5) is 0 Å². The molecule has 1 atom stereocenters. The second kappa shape index (κ2) is 10.4. The van der Waals surface area contributed by atoms with Gasteiger partial charge in [0.15, 0.2) is 11.6 Å². The first-order chi connectivity index (χ1) is 16.1. The molecule has 1 fully saturated rings. The normalized spacial score (nSPS) is 14.9. The van der Waals surface area contributed by atoms with Crippen LogP contribution in [0.2, 0.25) is 0 Å². The van der Waals surface area contributed by atoms with Crippen molar-refractivity contribution in [2.24, 2.45) is 0 Å². The quantitative estimate of drug-likeness (QED) is 0.523. The molecule has 1 amide bonds. The third-order valence-electron chi connectivity index (χ3n) is 5.29. The van der Waals surface area contributed by atoms with Crippen LogP contribution < -0.4 is 14.8 Å². The Morgan fingerprint density at radius 2 is 1.94 bits per heavy atom. The third kappa shape index (κ3) is 5.29. The summed E-state index contributed by atoms with van der Waals surface area (Å²) in [6.07, 6.45) is 1.65. The lowest BCUT2D eigenvalue weighted by molar-refractivity contribution is -0.132. The molecule has 1 aromatic carbocycles. The summed E-state index contributed by atoms with van der Waals surface area (Å²) in [6, 6.07) is 11.3. The number of carbonyl (C=O) groups is 1. The van der Waals surface area contributed by atoms with E-state index in [2.05, 4.69) is 20.5 Å². The average Bonchev–Trinajstić information content (AvgIpc) is 3.25. The van der Waals surface area contributed by atoms with Gasteiger partial charge in [0, 0.05) is 31.8 Å². The highest BCUT2D eigenvalue weighted by Crippen LogP contribution is 2.26.